The highest BCUT2D eigenvalue weighted by Crippen LogP contribution is 2.22. The fourth-order valence-corrected chi connectivity index (χ4v) is 1.24. The number of likely N-dealkylation sites (tertiary alicyclic amines) is 1. The van der Waals surface area contributed by atoms with Gasteiger partial charge >= 0.3 is 6.03 Å². The Balaban J connectivity index is 2.23. The predicted octanol–water partition coefficient (Wildman–Crippen LogP) is 1.69. The molecule has 0 saturated carbocycles. The van der Waals surface area contributed by atoms with Crippen LogP contribution in [0.5, 0.6) is 0 Å². The number of amides is 2. The summed E-state index contributed by atoms with van der Waals surface area (Å²) in [4.78, 5) is 12.8. The summed E-state index contributed by atoms with van der Waals surface area (Å²) in [6.07, 6.45) is -1.46. The third-order valence-corrected chi connectivity index (χ3v) is 2.54. The minimum absolute atomic E-state index is 0.105. The highest BCUT2D eigenvalue weighted by Gasteiger charge is 2.36. The lowest BCUT2D eigenvalue weighted by Crippen LogP contribution is -2.57. The molecule has 0 aromatic heterocycles. The van der Waals surface area contributed by atoms with Gasteiger partial charge in [0.05, 0.1) is 5.92 Å². The monoisotopic (exact) mass is 206 g/mol. The second-order valence-corrected chi connectivity index (χ2v) is 3.76. The molecule has 0 aromatic rings. The van der Waals surface area contributed by atoms with Gasteiger partial charge in [-0.25, -0.2) is 13.6 Å². The Morgan fingerprint density at radius 2 is 2.14 bits per heavy atom. The van der Waals surface area contributed by atoms with Crippen molar-refractivity contribution in [2.24, 2.45) is 5.92 Å². The van der Waals surface area contributed by atoms with E-state index in [0.29, 0.717) is 0 Å². The average Bonchev–Trinajstić information content (AvgIpc) is 2.00. The van der Waals surface area contributed by atoms with E-state index in [1.165, 1.54) is 4.90 Å². The van der Waals surface area contributed by atoms with E-state index in [4.69, 9.17) is 0 Å². The molecule has 3 nitrogen and oxygen atoms in total. The van der Waals surface area contributed by atoms with Gasteiger partial charge in [-0.3, -0.25) is 0 Å². The Kier molecular flexibility index (Phi) is 3.66. The largest absolute Gasteiger partial charge is 0.336 e. The van der Waals surface area contributed by atoms with Gasteiger partial charge in [-0.1, -0.05) is 6.92 Å². The topological polar surface area (TPSA) is 32.3 Å². The van der Waals surface area contributed by atoms with Crippen LogP contribution in [0.15, 0.2) is 0 Å². The zero-order chi connectivity index (χ0) is 10.7. The molecule has 0 aromatic carbocycles. The van der Waals surface area contributed by atoms with Crippen LogP contribution in [0.1, 0.15) is 20.3 Å². The molecule has 1 atom stereocenters. The number of nitrogens with zero attached hydrogens (tertiary/aromatic N) is 1. The third-order valence-electron chi connectivity index (χ3n) is 2.54. The smallest absolute Gasteiger partial charge is 0.317 e. The molecule has 0 radical (unpaired) electrons. The molecule has 0 bridgehead atoms. The zero-order valence-electron chi connectivity index (χ0n) is 8.46. The average molecular weight is 206 g/mol. The molecule has 1 fully saturated rings. The van der Waals surface area contributed by atoms with Gasteiger partial charge in [-0.05, 0) is 13.3 Å². The van der Waals surface area contributed by atoms with Gasteiger partial charge in [-0.15, -0.1) is 0 Å². The van der Waals surface area contributed by atoms with Crippen LogP contribution in [0.3, 0.4) is 0 Å². The maximum atomic E-state index is 12.1. The minimum Gasteiger partial charge on any atom is -0.336 e. The standard InChI is InChI=1S/C9H16F2N2O/c1-3-6(2)12-9(14)13-4-7(5-13)8(10)11/h6-8H,3-5H2,1-2H3,(H,12,14)/t6-/m1/s1. The normalized spacial score (nSPS) is 19.4. The van der Waals surface area contributed by atoms with Crippen molar-refractivity contribution in [2.75, 3.05) is 13.1 Å². The van der Waals surface area contributed by atoms with Crippen molar-refractivity contribution in [3.05, 3.63) is 0 Å². The Bertz CT molecular complexity index is 205. The van der Waals surface area contributed by atoms with E-state index in [-0.39, 0.29) is 25.2 Å². The molecule has 0 spiro atoms. The van der Waals surface area contributed by atoms with E-state index >= 15 is 0 Å². The first-order chi connectivity index (χ1) is 6.54. The Labute approximate surface area is 82.5 Å². The van der Waals surface area contributed by atoms with Crippen molar-refractivity contribution in [3.63, 3.8) is 0 Å². The van der Waals surface area contributed by atoms with Gasteiger partial charge in [0.2, 0.25) is 6.43 Å². The Hall–Kier alpha value is -0.870. The van der Waals surface area contributed by atoms with Crippen LogP contribution in [-0.2, 0) is 0 Å². The van der Waals surface area contributed by atoms with Gasteiger partial charge in [0.1, 0.15) is 0 Å². The second kappa shape index (κ2) is 4.57. The maximum Gasteiger partial charge on any atom is 0.317 e. The fraction of sp³-hybridized carbons (Fsp3) is 0.889. The third kappa shape index (κ3) is 2.56. The van der Waals surface area contributed by atoms with Crippen LogP contribution in [0, 0.1) is 5.92 Å². The summed E-state index contributed by atoms with van der Waals surface area (Å²) < 4.78 is 24.2. The number of nitrogens with one attached hydrogen (secondary N) is 1. The predicted molar refractivity (Wildman–Crippen MR) is 49.4 cm³/mol. The van der Waals surface area contributed by atoms with Crippen LogP contribution in [0.4, 0.5) is 13.6 Å². The zero-order valence-corrected chi connectivity index (χ0v) is 8.46. The van der Waals surface area contributed by atoms with Crippen molar-refractivity contribution >= 4 is 6.03 Å². The van der Waals surface area contributed by atoms with Crippen molar-refractivity contribution in [3.8, 4) is 0 Å². The summed E-state index contributed by atoms with van der Waals surface area (Å²) in [6.45, 7) is 4.21. The molecule has 1 rings (SSSR count). The number of carbonyl (C=O) groups excluding carboxylic acids is 1. The van der Waals surface area contributed by atoms with E-state index in [1.807, 2.05) is 13.8 Å². The van der Waals surface area contributed by atoms with Crippen molar-refractivity contribution in [2.45, 2.75) is 32.7 Å². The summed E-state index contributed by atoms with van der Waals surface area (Å²) in [5, 5.41) is 2.73. The summed E-state index contributed by atoms with van der Waals surface area (Å²) in [5.41, 5.74) is 0. The molecular formula is C9H16F2N2O. The highest BCUT2D eigenvalue weighted by atomic mass is 19.3. The lowest BCUT2D eigenvalue weighted by atomic mass is 10.0. The number of urea groups is 1. The number of carbonyl (C=O) groups is 1. The van der Waals surface area contributed by atoms with Gasteiger partial charge in [0.25, 0.3) is 0 Å². The van der Waals surface area contributed by atoms with Crippen LogP contribution >= 0.6 is 0 Å². The first-order valence-corrected chi connectivity index (χ1v) is 4.88. The summed E-state index contributed by atoms with van der Waals surface area (Å²) >= 11 is 0. The number of hydrogen-bond acceptors (Lipinski definition) is 1. The van der Waals surface area contributed by atoms with E-state index < -0.39 is 12.3 Å². The number of rotatable bonds is 3. The van der Waals surface area contributed by atoms with E-state index in [1.54, 1.807) is 0 Å². The van der Waals surface area contributed by atoms with Gasteiger partial charge < -0.3 is 10.2 Å². The molecule has 0 unspecified atom stereocenters. The quantitative estimate of drug-likeness (QED) is 0.748. The van der Waals surface area contributed by atoms with E-state index in [0.717, 1.165) is 6.42 Å². The van der Waals surface area contributed by atoms with Gasteiger partial charge in [0, 0.05) is 19.1 Å². The summed E-state index contributed by atoms with van der Waals surface area (Å²) in [5.74, 6) is -0.627. The number of alkyl halides is 2. The highest BCUT2D eigenvalue weighted by molar-refractivity contribution is 5.75. The van der Waals surface area contributed by atoms with Gasteiger partial charge in [-0.2, -0.15) is 0 Å². The Morgan fingerprint density at radius 3 is 2.57 bits per heavy atom. The molecule has 1 heterocycles. The SMILES string of the molecule is CC[C@@H](C)NC(=O)N1CC(C(F)F)C1. The van der Waals surface area contributed by atoms with Crippen molar-refractivity contribution in [1.29, 1.82) is 0 Å². The molecule has 14 heavy (non-hydrogen) atoms. The van der Waals surface area contributed by atoms with Crippen molar-refractivity contribution in [1.82, 2.24) is 10.2 Å². The summed E-state index contributed by atoms with van der Waals surface area (Å²) in [7, 11) is 0. The first kappa shape index (κ1) is 11.2. The molecule has 82 valence electrons. The molecular weight excluding hydrogens is 190 g/mol. The maximum absolute atomic E-state index is 12.1. The molecule has 1 aliphatic rings. The van der Waals surface area contributed by atoms with Gasteiger partial charge in [0.15, 0.2) is 0 Å². The fourth-order valence-electron chi connectivity index (χ4n) is 1.24. The Morgan fingerprint density at radius 1 is 1.57 bits per heavy atom. The molecule has 0 aliphatic carbocycles. The lowest BCUT2D eigenvalue weighted by Gasteiger charge is -2.39. The first-order valence-electron chi connectivity index (χ1n) is 4.88. The molecule has 1 saturated heterocycles. The van der Waals surface area contributed by atoms with Crippen LogP contribution in [0.2, 0.25) is 0 Å². The molecule has 1 aliphatic heterocycles. The second-order valence-electron chi connectivity index (χ2n) is 3.76. The summed E-state index contributed by atoms with van der Waals surface area (Å²) in [6, 6.07) is -0.121. The molecule has 2 amide bonds. The van der Waals surface area contributed by atoms with Crippen molar-refractivity contribution < 1.29 is 13.6 Å². The number of hydrogen-bond donors (Lipinski definition) is 1. The molecule has 5 heteroatoms. The lowest BCUT2D eigenvalue weighted by molar-refractivity contribution is -0.00505. The van der Waals surface area contributed by atoms with Crippen LogP contribution in [0.25, 0.3) is 0 Å². The van der Waals surface area contributed by atoms with E-state index in [9.17, 15) is 13.6 Å². The minimum atomic E-state index is -2.30. The molecule has 1 N–H and O–H groups in total. The number of halogens is 2. The van der Waals surface area contributed by atoms with Crippen LogP contribution in [-0.4, -0.2) is 36.5 Å². The van der Waals surface area contributed by atoms with Crippen LogP contribution < -0.4 is 5.32 Å². The van der Waals surface area contributed by atoms with E-state index in [2.05, 4.69) is 5.32 Å².